The number of hydrogen-bond acceptors (Lipinski definition) is 3. The molecule has 1 unspecified atom stereocenters. The zero-order valence-electron chi connectivity index (χ0n) is 7.24. The summed E-state index contributed by atoms with van der Waals surface area (Å²) in [5, 5.41) is 2.37. The zero-order valence-corrected chi connectivity index (χ0v) is 9.65. The van der Waals surface area contributed by atoms with E-state index in [1.54, 1.807) is 6.07 Å². The molecular weight excluding hydrogens is 270 g/mol. The van der Waals surface area contributed by atoms with Crippen LogP contribution in [-0.2, 0) is 11.1 Å². The molecule has 6 heteroatoms. The third kappa shape index (κ3) is 2.40. The van der Waals surface area contributed by atoms with Crippen molar-refractivity contribution in [2.45, 2.75) is 4.90 Å². The molecule has 0 aliphatic heterocycles. The number of benzene rings is 1. The average molecular weight is 277 g/mol. The van der Waals surface area contributed by atoms with Crippen molar-refractivity contribution >= 4 is 32.9 Å². The molecule has 1 aromatic rings. The van der Waals surface area contributed by atoms with Gasteiger partial charge in [0.15, 0.2) is 0 Å². The van der Waals surface area contributed by atoms with Crippen molar-refractivity contribution in [1.29, 1.82) is 0 Å². The molecule has 0 radical (unpaired) electrons. The maximum atomic E-state index is 11.3. The highest BCUT2D eigenvalue weighted by atomic mass is 79.9. The zero-order chi connectivity index (χ0) is 10.7. The van der Waals surface area contributed by atoms with E-state index in [9.17, 15) is 13.6 Å². The maximum absolute atomic E-state index is 11.3. The summed E-state index contributed by atoms with van der Waals surface area (Å²) in [5.41, 5.74) is 0.134. The predicted octanol–water partition coefficient (Wildman–Crippen LogP) is 1.05. The van der Waals surface area contributed by atoms with Crippen molar-refractivity contribution in [2.75, 3.05) is 7.05 Å². The molecule has 1 rings (SSSR count). The molecule has 0 saturated heterocycles. The monoisotopic (exact) mass is 276 g/mol. The summed E-state index contributed by atoms with van der Waals surface area (Å²) in [4.78, 5) is 11.3. The summed E-state index contributed by atoms with van der Waals surface area (Å²) in [7, 11) is 1.45. The van der Waals surface area contributed by atoms with Crippen molar-refractivity contribution in [3.8, 4) is 0 Å². The molecule has 1 atom stereocenters. The van der Waals surface area contributed by atoms with Gasteiger partial charge in [-0.3, -0.25) is 9.00 Å². The first-order chi connectivity index (χ1) is 6.56. The summed E-state index contributed by atoms with van der Waals surface area (Å²) >= 11 is 0.759. The molecule has 0 bridgehead atoms. The van der Waals surface area contributed by atoms with Gasteiger partial charge in [-0.25, -0.2) is 0 Å². The number of amides is 1. The number of hydrogen-bond donors (Lipinski definition) is 1. The summed E-state index contributed by atoms with van der Waals surface area (Å²) < 4.78 is 22.2. The summed E-state index contributed by atoms with van der Waals surface area (Å²) in [5.74, 6) is -0.425. The van der Waals surface area contributed by atoms with Crippen LogP contribution in [0.1, 0.15) is 10.4 Å². The van der Waals surface area contributed by atoms with Crippen LogP contribution in [0.25, 0.3) is 0 Å². The van der Waals surface area contributed by atoms with E-state index in [1.165, 1.54) is 19.2 Å². The Morgan fingerprint density at radius 2 is 2.21 bits per heavy atom. The summed E-state index contributed by atoms with van der Waals surface area (Å²) in [6.45, 7) is 0. The Labute approximate surface area is 92.1 Å². The molecule has 1 amide bonds. The van der Waals surface area contributed by atoms with Crippen molar-refractivity contribution in [2.24, 2.45) is 0 Å². The van der Waals surface area contributed by atoms with Crippen LogP contribution in [-0.4, -0.2) is 21.7 Å². The van der Waals surface area contributed by atoms with Crippen LogP contribution in [0.3, 0.4) is 0 Å². The molecule has 14 heavy (non-hydrogen) atoms. The molecule has 0 heterocycles. The van der Waals surface area contributed by atoms with Crippen LogP contribution < -0.4 is 5.32 Å². The molecule has 0 spiro atoms. The highest BCUT2D eigenvalue weighted by Gasteiger charge is 2.10. The second-order valence-corrected chi connectivity index (χ2v) is 4.28. The first-order valence-electron chi connectivity index (χ1n) is 3.67. The molecular formula is C8H7BrNO3S-. The van der Waals surface area contributed by atoms with E-state index in [4.69, 9.17) is 0 Å². The Morgan fingerprint density at radius 3 is 2.71 bits per heavy atom. The van der Waals surface area contributed by atoms with Gasteiger partial charge in [-0.1, -0.05) is 15.9 Å². The van der Waals surface area contributed by atoms with Crippen molar-refractivity contribution in [1.82, 2.24) is 5.32 Å². The number of carbonyl (C=O) groups excluding carboxylic acids is 1. The Hall–Kier alpha value is -0.720. The van der Waals surface area contributed by atoms with Crippen LogP contribution in [0, 0.1) is 0 Å². The van der Waals surface area contributed by atoms with Gasteiger partial charge in [0, 0.05) is 16.4 Å². The van der Waals surface area contributed by atoms with E-state index < -0.39 is 17.0 Å². The Balaban J connectivity index is 3.29. The van der Waals surface area contributed by atoms with E-state index in [1.807, 2.05) is 0 Å². The largest absolute Gasteiger partial charge is 0.768 e. The van der Waals surface area contributed by atoms with E-state index in [-0.39, 0.29) is 10.5 Å². The molecule has 0 fully saturated rings. The molecule has 1 aromatic carbocycles. The van der Waals surface area contributed by atoms with Gasteiger partial charge < -0.3 is 9.87 Å². The van der Waals surface area contributed by atoms with E-state index in [0.29, 0.717) is 4.47 Å². The average Bonchev–Trinajstić information content (AvgIpc) is 2.16. The van der Waals surface area contributed by atoms with Gasteiger partial charge >= 0.3 is 0 Å². The fourth-order valence-corrected chi connectivity index (χ4v) is 1.83. The van der Waals surface area contributed by atoms with E-state index >= 15 is 0 Å². The first kappa shape index (κ1) is 11.4. The molecule has 1 N–H and O–H groups in total. The lowest BCUT2D eigenvalue weighted by Gasteiger charge is -2.10. The molecule has 0 saturated carbocycles. The lowest BCUT2D eigenvalue weighted by Crippen LogP contribution is -2.19. The Kier molecular flexibility index (Phi) is 3.79. The van der Waals surface area contributed by atoms with Crippen LogP contribution >= 0.6 is 15.9 Å². The van der Waals surface area contributed by atoms with Crippen molar-refractivity contribution in [3.63, 3.8) is 0 Å². The van der Waals surface area contributed by atoms with Crippen molar-refractivity contribution < 1.29 is 13.6 Å². The van der Waals surface area contributed by atoms with Gasteiger partial charge in [-0.05, 0) is 29.3 Å². The third-order valence-electron chi connectivity index (χ3n) is 1.59. The minimum Gasteiger partial charge on any atom is -0.768 e. The normalized spacial score (nSPS) is 12.2. The van der Waals surface area contributed by atoms with Gasteiger partial charge in [0.1, 0.15) is 0 Å². The van der Waals surface area contributed by atoms with Crippen LogP contribution in [0.4, 0.5) is 0 Å². The fraction of sp³-hybridized carbons (Fsp3) is 0.125. The highest BCUT2D eigenvalue weighted by molar-refractivity contribution is 9.10. The van der Waals surface area contributed by atoms with E-state index in [0.717, 1.165) is 0 Å². The topological polar surface area (TPSA) is 69.2 Å². The van der Waals surface area contributed by atoms with Crippen molar-refractivity contribution in [3.05, 3.63) is 28.2 Å². The molecule has 0 aromatic heterocycles. The minimum absolute atomic E-state index is 0.00690. The Morgan fingerprint density at radius 1 is 1.57 bits per heavy atom. The second-order valence-electron chi connectivity index (χ2n) is 2.45. The minimum atomic E-state index is -2.40. The molecule has 0 aliphatic rings. The predicted molar refractivity (Wildman–Crippen MR) is 54.7 cm³/mol. The van der Waals surface area contributed by atoms with Gasteiger partial charge in [0.25, 0.3) is 5.91 Å². The SMILES string of the molecule is CNC(=O)c1cc(Br)ccc1S(=O)[O-]. The lowest BCUT2D eigenvalue weighted by atomic mass is 10.2. The summed E-state index contributed by atoms with van der Waals surface area (Å²) in [6.07, 6.45) is 0. The molecule has 76 valence electrons. The first-order valence-corrected chi connectivity index (χ1v) is 5.54. The molecule has 4 nitrogen and oxygen atoms in total. The number of halogens is 1. The van der Waals surface area contributed by atoms with Crippen LogP contribution in [0.15, 0.2) is 27.6 Å². The van der Waals surface area contributed by atoms with E-state index in [2.05, 4.69) is 21.2 Å². The quantitative estimate of drug-likeness (QED) is 0.821. The van der Waals surface area contributed by atoms with Gasteiger partial charge in [-0.15, -0.1) is 0 Å². The lowest BCUT2D eigenvalue weighted by molar-refractivity contribution is 0.0959. The Bertz CT molecular complexity index is 394. The maximum Gasteiger partial charge on any atom is 0.252 e. The van der Waals surface area contributed by atoms with Crippen LogP contribution in [0.5, 0.6) is 0 Å². The smallest absolute Gasteiger partial charge is 0.252 e. The second kappa shape index (κ2) is 4.68. The summed E-state index contributed by atoms with van der Waals surface area (Å²) in [6, 6.07) is 4.40. The van der Waals surface area contributed by atoms with Gasteiger partial charge in [0.2, 0.25) is 0 Å². The number of nitrogens with one attached hydrogen (secondary N) is 1. The molecule has 0 aliphatic carbocycles. The standard InChI is InChI=1S/C8H8BrNO3S/c1-10-8(11)6-4-5(9)2-3-7(6)14(12)13/h2-4H,1H3,(H,10,11)(H,12,13)/p-1. The fourth-order valence-electron chi connectivity index (χ4n) is 0.960. The van der Waals surface area contributed by atoms with Crippen LogP contribution in [0.2, 0.25) is 0 Å². The van der Waals surface area contributed by atoms with Gasteiger partial charge in [-0.2, -0.15) is 0 Å². The number of carbonyl (C=O) groups is 1. The third-order valence-corrected chi connectivity index (χ3v) is 2.80. The highest BCUT2D eigenvalue weighted by Crippen LogP contribution is 2.18. The number of rotatable bonds is 2. The van der Waals surface area contributed by atoms with Gasteiger partial charge in [0.05, 0.1) is 5.56 Å².